The summed E-state index contributed by atoms with van der Waals surface area (Å²) in [6.45, 7) is 0. The molecule has 1 heterocycles. The highest BCUT2D eigenvalue weighted by Gasteiger charge is 2.29. The summed E-state index contributed by atoms with van der Waals surface area (Å²) in [5.74, 6) is 0.732. The summed E-state index contributed by atoms with van der Waals surface area (Å²) in [5.41, 5.74) is 2.72. The Hall–Kier alpha value is -1.24. The standard InChI is InChI=1S/C14H16O/c1-2-7-12(6-1)14-13-8-4-3-5-11(13)9-10-15-14/h3-5,8-10,12,14H,1-2,6-7H2. The molecular formula is C14H16O. The lowest BCUT2D eigenvalue weighted by molar-refractivity contribution is 0.0864. The van der Waals surface area contributed by atoms with Crippen molar-refractivity contribution in [3.05, 3.63) is 41.7 Å². The number of hydrogen-bond donors (Lipinski definition) is 0. The van der Waals surface area contributed by atoms with Crippen LogP contribution in [-0.2, 0) is 4.74 Å². The average molecular weight is 200 g/mol. The molecule has 1 heteroatoms. The van der Waals surface area contributed by atoms with E-state index in [9.17, 15) is 0 Å². The molecule has 1 nitrogen and oxygen atoms in total. The second-order valence-corrected chi connectivity index (χ2v) is 4.53. The molecule has 1 fully saturated rings. The Morgan fingerprint density at radius 3 is 2.73 bits per heavy atom. The van der Waals surface area contributed by atoms with Gasteiger partial charge in [-0.3, -0.25) is 0 Å². The van der Waals surface area contributed by atoms with Gasteiger partial charge in [0.1, 0.15) is 6.10 Å². The first-order chi connectivity index (χ1) is 7.45. The topological polar surface area (TPSA) is 9.23 Å². The maximum absolute atomic E-state index is 5.81. The van der Waals surface area contributed by atoms with E-state index in [-0.39, 0.29) is 0 Å². The highest BCUT2D eigenvalue weighted by atomic mass is 16.5. The first-order valence-electron chi connectivity index (χ1n) is 5.86. The van der Waals surface area contributed by atoms with Gasteiger partial charge in [0.2, 0.25) is 0 Å². The Morgan fingerprint density at radius 1 is 1.07 bits per heavy atom. The molecule has 1 aromatic carbocycles. The molecule has 1 unspecified atom stereocenters. The van der Waals surface area contributed by atoms with E-state index in [1.165, 1.54) is 36.8 Å². The number of rotatable bonds is 1. The average Bonchev–Trinajstić information content (AvgIpc) is 2.82. The Kier molecular flexibility index (Phi) is 2.24. The van der Waals surface area contributed by atoms with Gasteiger partial charge in [-0.25, -0.2) is 0 Å². The normalized spacial score (nSPS) is 24.9. The molecule has 1 saturated carbocycles. The minimum Gasteiger partial charge on any atom is -0.493 e. The van der Waals surface area contributed by atoms with Gasteiger partial charge in [0.25, 0.3) is 0 Å². The first-order valence-corrected chi connectivity index (χ1v) is 5.86. The van der Waals surface area contributed by atoms with Crippen LogP contribution >= 0.6 is 0 Å². The summed E-state index contributed by atoms with van der Waals surface area (Å²) in [6.07, 6.45) is 9.65. The van der Waals surface area contributed by atoms with Crippen LogP contribution < -0.4 is 0 Å². The SMILES string of the molecule is C1=Cc2ccccc2C(C2CCCC2)O1. The summed E-state index contributed by atoms with van der Waals surface area (Å²) in [4.78, 5) is 0. The van der Waals surface area contributed by atoms with E-state index in [2.05, 4.69) is 30.3 Å². The fourth-order valence-electron chi connectivity index (χ4n) is 2.82. The van der Waals surface area contributed by atoms with Crippen LogP contribution in [0.25, 0.3) is 6.08 Å². The minimum absolute atomic E-state index is 0.314. The number of benzene rings is 1. The number of ether oxygens (including phenoxy) is 1. The summed E-state index contributed by atoms with van der Waals surface area (Å²) in [6, 6.07) is 8.60. The second-order valence-electron chi connectivity index (χ2n) is 4.53. The predicted molar refractivity (Wildman–Crippen MR) is 61.3 cm³/mol. The van der Waals surface area contributed by atoms with Crippen molar-refractivity contribution in [1.29, 1.82) is 0 Å². The van der Waals surface area contributed by atoms with Crippen LogP contribution in [0.5, 0.6) is 0 Å². The Morgan fingerprint density at radius 2 is 1.87 bits per heavy atom. The largest absolute Gasteiger partial charge is 0.493 e. The molecule has 0 bridgehead atoms. The Labute approximate surface area is 90.8 Å². The molecule has 1 aliphatic carbocycles. The molecule has 0 aromatic heterocycles. The zero-order valence-electron chi connectivity index (χ0n) is 8.86. The van der Waals surface area contributed by atoms with Crippen molar-refractivity contribution in [2.24, 2.45) is 5.92 Å². The van der Waals surface area contributed by atoms with Crippen molar-refractivity contribution >= 4 is 6.08 Å². The highest BCUT2D eigenvalue weighted by molar-refractivity contribution is 5.55. The monoisotopic (exact) mass is 200 g/mol. The van der Waals surface area contributed by atoms with Crippen molar-refractivity contribution in [2.45, 2.75) is 31.8 Å². The van der Waals surface area contributed by atoms with Gasteiger partial charge in [-0.05, 0) is 30.0 Å². The van der Waals surface area contributed by atoms with Crippen molar-refractivity contribution in [3.63, 3.8) is 0 Å². The molecule has 1 atom stereocenters. The zero-order valence-corrected chi connectivity index (χ0v) is 8.86. The van der Waals surface area contributed by atoms with Crippen LogP contribution in [0, 0.1) is 5.92 Å². The Bertz CT molecular complexity index is 375. The summed E-state index contributed by atoms with van der Waals surface area (Å²) in [7, 11) is 0. The van der Waals surface area contributed by atoms with Gasteiger partial charge in [-0.15, -0.1) is 0 Å². The molecule has 0 radical (unpaired) electrons. The Balaban J connectivity index is 1.94. The fraction of sp³-hybridized carbons (Fsp3) is 0.429. The maximum Gasteiger partial charge on any atom is 0.126 e. The number of fused-ring (bicyclic) bond motifs is 1. The third-order valence-corrected chi connectivity index (χ3v) is 3.60. The lowest BCUT2D eigenvalue weighted by Crippen LogP contribution is -2.14. The van der Waals surface area contributed by atoms with E-state index in [1.807, 2.05) is 6.26 Å². The molecule has 78 valence electrons. The highest BCUT2D eigenvalue weighted by Crippen LogP contribution is 2.41. The quantitative estimate of drug-likeness (QED) is 0.667. The van der Waals surface area contributed by atoms with E-state index in [4.69, 9.17) is 4.74 Å². The number of hydrogen-bond acceptors (Lipinski definition) is 1. The summed E-state index contributed by atoms with van der Waals surface area (Å²) in [5, 5.41) is 0. The van der Waals surface area contributed by atoms with Crippen LogP contribution in [0.1, 0.15) is 42.9 Å². The molecule has 0 N–H and O–H groups in total. The van der Waals surface area contributed by atoms with E-state index in [1.54, 1.807) is 0 Å². The molecule has 1 aromatic rings. The van der Waals surface area contributed by atoms with Gasteiger partial charge in [0.15, 0.2) is 0 Å². The van der Waals surface area contributed by atoms with Crippen LogP contribution in [0.2, 0.25) is 0 Å². The van der Waals surface area contributed by atoms with Crippen molar-refractivity contribution in [3.8, 4) is 0 Å². The van der Waals surface area contributed by atoms with Crippen molar-refractivity contribution in [1.82, 2.24) is 0 Å². The third kappa shape index (κ3) is 1.56. The summed E-state index contributed by atoms with van der Waals surface area (Å²) < 4.78 is 5.81. The van der Waals surface area contributed by atoms with E-state index in [0.29, 0.717) is 6.10 Å². The van der Waals surface area contributed by atoms with Crippen LogP contribution in [-0.4, -0.2) is 0 Å². The van der Waals surface area contributed by atoms with E-state index in [0.717, 1.165) is 5.92 Å². The van der Waals surface area contributed by atoms with Gasteiger partial charge in [-0.1, -0.05) is 37.1 Å². The smallest absolute Gasteiger partial charge is 0.126 e. The van der Waals surface area contributed by atoms with E-state index < -0.39 is 0 Å². The van der Waals surface area contributed by atoms with Gasteiger partial charge in [0, 0.05) is 5.92 Å². The van der Waals surface area contributed by atoms with Gasteiger partial charge in [0.05, 0.1) is 6.26 Å². The van der Waals surface area contributed by atoms with Crippen molar-refractivity contribution in [2.75, 3.05) is 0 Å². The molecule has 0 amide bonds. The lowest BCUT2D eigenvalue weighted by Gasteiger charge is -2.27. The molecule has 3 rings (SSSR count). The third-order valence-electron chi connectivity index (χ3n) is 3.60. The molecule has 15 heavy (non-hydrogen) atoms. The molecule has 1 aliphatic heterocycles. The molecule has 0 saturated heterocycles. The van der Waals surface area contributed by atoms with Crippen LogP contribution in [0.3, 0.4) is 0 Å². The van der Waals surface area contributed by atoms with Gasteiger partial charge >= 0.3 is 0 Å². The lowest BCUT2D eigenvalue weighted by atomic mass is 9.90. The van der Waals surface area contributed by atoms with Crippen molar-refractivity contribution < 1.29 is 4.74 Å². The first kappa shape index (κ1) is 9.02. The fourth-order valence-corrected chi connectivity index (χ4v) is 2.82. The van der Waals surface area contributed by atoms with Gasteiger partial charge < -0.3 is 4.74 Å². The maximum atomic E-state index is 5.81. The van der Waals surface area contributed by atoms with Crippen LogP contribution in [0.15, 0.2) is 30.5 Å². The van der Waals surface area contributed by atoms with Gasteiger partial charge in [-0.2, -0.15) is 0 Å². The van der Waals surface area contributed by atoms with Crippen LogP contribution in [0.4, 0.5) is 0 Å². The summed E-state index contributed by atoms with van der Waals surface area (Å²) >= 11 is 0. The molecular weight excluding hydrogens is 184 g/mol. The molecule has 0 spiro atoms. The molecule has 2 aliphatic rings. The minimum atomic E-state index is 0.314. The predicted octanol–water partition coefficient (Wildman–Crippen LogP) is 3.92. The van der Waals surface area contributed by atoms with E-state index >= 15 is 0 Å². The second kappa shape index (κ2) is 3.73. The zero-order chi connectivity index (χ0) is 10.1.